The number of rotatable bonds is 6. The highest BCUT2D eigenvalue weighted by Crippen LogP contribution is 2.22. The minimum Gasteiger partial charge on any atom is -0.340 e. The summed E-state index contributed by atoms with van der Waals surface area (Å²) in [6.45, 7) is 6.34. The summed E-state index contributed by atoms with van der Waals surface area (Å²) in [5.74, 6) is -0.197. The fraction of sp³-hybridized carbons (Fsp3) is 0.600. The van der Waals surface area contributed by atoms with Crippen LogP contribution >= 0.6 is 27.3 Å². The zero-order valence-electron chi connectivity index (χ0n) is 12.9. The fourth-order valence-corrected chi connectivity index (χ4v) is 3.92. The number of carbonyl (C=O) groups excluding carboxylic acids is 2. The first kappa shape index (κ1) is 17.4. The molecule has 5 nitrogen and oxygen atoms in total. The van der Waals surface area contributed by atoms with Gasteiger partial charge in [0.2, 0.25) is 5.91 Å². The van der Waals surface area contributed by atoms with Crippen molar-refractivity contribution in [2.45, 2.75) is 38.8 Å². The van der Waals surface area contributed by atoms with Gasteiger partial charge >= 0.3 is 0 Å². The van der Waals surface area contributed by atoms with Crippen LogP contribution in [0.2, 0.25) is 0 Å². The van der Waals surface area contributed by atoms with Crippen molar-refractivity contribution in [3.8, 4) is 0 Å². The maximum Gasteiger partial charge on any atom is 0.262 e. The van der Waals surface area contributed by atoms with Gasteiger partial charge in [0.15, 0.2) is 0 Å². The molecule has 0 aromatic carbocycles. The van der Waals surface area contributed by atoms with E-state index in [9.17, 15) is 9.59 Å². The predicted octanol–water partition coefficient (Wildman–Crippen LogP) is 2.23. The van der Waals surface area contributed by atoms with Crippen molar-refractivity contribution >= 4 is 39.1 Å². The molecule has 0 aliphatic carbocycles. The number of nitrogens with zero attached hydrogens (tertiary/aromatic N) is 1. The van der Waals surface area contributed by atoms with Crippen LogP contribution in [-0.2, 0) is 4.79 Å². The van der Waals surface area contributed by atoms with Gasteiger partial charge in [-0.25, -0.2) is 0 Å². The Bertz CT molecular complexity index is 529. The number of thiophene rings is 1. The van der Waals surface area contributed by atoms with Gasteiger partial charge in [-0.05, 0) is 54.4 Å². The van der Waals surface area contributed by atoms with Crippen LogP contribution in [0.5, 0.6) is 0 Å². The number of nitrogens with one attached hydrogen (secondary N) is 2. The maximum atomic E-state index is 12.7. The normalized spacial score (nSPS) is 19.0. The van der Waals surface area contributed by atoms with E-state index in [1.807, 2.05) is 11.0 Å². The smallest absolute Gasteiger partial charge is 0.262 e. The molecule has 7 heteroatoms. The van der Waals surface area contributed by atoms with Gasteiger partial charge in [0.05, 0.1) is 8.66 Å². The van der Waals surface area contributed by atoms with E-state index in [0.717, 1.165) is 36.3 Å². The van der Waals surface area contributed by atoms with E-state index in [-0.39, 0.29) is 17.9 Å². The standard InChI is InChI=1S/C15H22BrN3O2S/c1-3-8-19(11-6-7-17-9-11)15(21)10(2)18-14(20)12-4-5-13(16)22-12/h4-5,10-11,17H,3,6-9H2,1-2H3,(H,18,20). The van der Waals surface area contributed by atoms with E-state index in [4.69, 9.17) is 0 Å². The third-order valence-corrected chi connectivity index (χ3v) is 5.36. The second-order valence-electron chi connectivity index (χ2n) is 5.48. The van der Waals surface area contributed by atoms with E-state index in [2.05, 4.69) is 33.5 Å². The summed E-state index contributed by atoms with van der Waals surface area (Å²) in [7, 11) is 0. The molecular formula is C15H22BrN3O2S. The molecule has 22 heavy (non-hydrogen) atoms. The molecule has 0 bridgehead atoms. The van der Waals surface area contributed by atoms with Crippen LogP contribution < -0.4 is 10.6 Å². The third-order valence-electron chi connectivity index (χ3n) is 3.74. The molecule has 2 unspecified atom stereocenters. The second kappa shape index (κ2) is 8.08. The molecule has 2 N–H and O–H groups in total. The number of halogens is 1. The Hall–Kier alpha value is -0.920. The number of hydrogen-bond acceptors (Lipinski definition) is 4. The van der Waals surface area contributed by atoms with Gasteiger partial charge < -0.3 is 15.5 Å². The fourth-order valence-electron chi connectivity index (χ4n) is 2.63. The maximum absolute atomic E-state index is 12.7. The summed E-state index contributed by atoms with van der Waals surface area (Å²) in [5.41, 5.74) is 0. The van der Waals surface area contributed by atoms with Crippen LogP contribution in [0.25, 0.3) is 0 Å². The molecule has 122 valence electrons. The van der Waals surface area contributed by atoms with Crippen molar-refractivity contribution in [1.29, 1.82) is 0 Å². The second-order valence-corrected chi connectivity index (χ2v) is 7.94. The Morgan fingerprint density at radius 1 is 1.55 bits per heavy atom. The van der Waals surface area contributed by atoms with Crippen molar-refractivity contribution in [2.24, 2.45) is 0 Å². The van der Waals surface area contributed by atoms with E-state index in [1.165, 1.54) is 11.3 Å². The molecule has 1 aliphatic rings. The third kappa shape index (κ3) is 4.30. The van der Waals surface area contributed by atoms with E-state index in [0.29, 0.717) is 4.88 Å². The zero-order chi connectivity index (χ0) is 16.1. The van der Waals surface area contributed by atoms with Crippen LogP contribution in [0.3, 0.4) is 0 Å². The first-order chi connectivity index (χ1) is 10.5. The van der Waals surface area contributed by atoms with E-state index >= 15 is 0 Å². The van der Waals surface area contributed by atoms with Crippen molar-refractivity contribution in [1.82, 2.24) is 15.5 Å². The van der Waals surface area contributed by atoms with Crippen molar-refractivity contribution in [3.05, 3.63) is 20.8 Å². The Balaban J connectivity index is 1.98. The molecule has 1 aromatic rings. The monoisotopic (exact) mass is 387 g/mol. The van der Waals surface area contributed by atoms with Crippen LogP contribution in [0.15, 0.2) is 15.9 Å². The van der Waals surface area contributed by atoms with Gasteiger partial charge in [0, 0.05) is 19.1 Å². The lowest BCUT2D eigenvalue weighted by Crippen LogP contribution is -2.51. The average molecular weight is 388 g/mol. The van der Waals surface area contributed by atoms with Crippen LogP contribution in [0, 0.1) is 0 Å². The van der Waals surface area contributed by atoms with Crippen LogP contribution in [0.4, 0.5) is 0 Å². The highest BCUT2D eigenvalue weighted by Gasteiger charge is 2.29. The van der Waals surface area contributed by atoms with E-state index < -0.39 is 6.04 Å². The Labute approximate surface area is 143 Å². The van der Waals surface area contributed by atoms with Crippen molar-refractivity contribution in [3.63, 3.8) is 0 Å². The molecule has 2 atom stereocenters. The van der Waals surface area contributed by atoms with Gasteiger partial charge in [-0.3, -0.25) is 9.59 Å². The average Bonchev–Trinajstić information content (AvgIpc) is 3.15. The summed E-state index contributed by atoms with van der Waals surface area (Å²) >= 11 is 4.70. The van der Waals surface area contributed by atoms with Crippen molar-refractivity contribution < 1.29 is 9.59 Å². The minimum atomic E-state index is -0.513. The zero-order valence-corrected chi connectivity index (χ0v) is 15.3. The molecule has 2 heterocycles. The summed E-state index contributed by atoms with van der Waals surface area (Å²) in [6, 6.07) is 3.31. The molecular weight excluding hydrogens is 366 g/mol. The lowest BCUT2D eigenvalue weighted by Gasteiger charge is -2.31. The lowest BCUT2D eigenvalue weighted by molar-refractivity contribution is -0.134. The number of hydrogen-bond donors (Lipinski definition) is 2. The first-order valence-corrected chi connectivity index (χ1v) is 9.21. The van der Waals surface area contributed by atoms with Gasteiger partial charge in [-0.2, -0.15) is 0 Å². The quantitative estimate of drug-likeness (QED) is 0.786. The molecule has 2 amide bonds. The summed E-state index contributed by atoms with van der Waals surface area (Å²) in [6.07, 6.45) is 1.89. The molecule has 1 aromatic heterocycles. The molecule has 0 spiro atoms. The van der Waals surface area contributed by atoms with Gasteiger partial charge in [-0.15, -0.1) is 11.3 Å². The molecule has 1 fully saturated rings. The highest BCUT2D eigenvalue weighted by molar-refractivity contribution is 9.11. The topological polar surface area (TPSA) is 61.4 Å². The molecule has 0 radical (unpaired) electrons. The minimum absolute atomic E-state index is 0.000443. The van der Waals surface area contributed by atoms with E-state index in [1.54, 1.807) is 13.0 Å². The summed E-state index contributed by atoms with van der Waals surface area (Å²) in [4.78, 5) is 27.4. The summed E-state index contributed by atoms with van der Waals surface area (Å²) < 4.78 is 0.904. The Morgan fingerprint density at radius 2 is 2.32 bits per heavy atom. The van der Waals surface area contributed by atoms with Gasteiger partial charge in [0.1, 0.15) is 6.04 Å². The SMILES string of the molecule is CCCN(C(=O)C(C)NC(=O)c1ccc(Br)s1)C1CCNC1. The van der Waals surface area contributed by atoms with Crippen molar-refractivity contribution in [2.75, 3.05) is 19.6 Å². The van der Waals surface area contributed by atoms with Gasteiger partial charge in [0.25, 0.3) is 5.91 Å². The largest absolute Gasteiger partial charge is 0.340 e. The number of carbonyl (C=O) groups is 2. The van der Waals surface area contributed by atoms with Crippen LogP contribution in [0.1, 0.15) is 36.4 Å². The molecule has 0 saturated carbocycles. The molecule has 1 aliphatic heterocycles. The Morgan fingerprint density at radius 3 is 2.86 bits per heavy atom. The highest BCUT2D eigenvalue weighted by atomic mass is 79.9. The predicted molar refractivity (Wildman–Crippen MR) is 92.2 cm³/mol. The molecule has 1 saturated heterocycles. The number of amides is 2. The molecule has 2 rings (SSSR count). The van der Waals surface area contributed by atoms with Crippen LogP contribution in [-0.4, -0.2) is 48.4 Å². The van der Waals surface area contributed by atoms with Gasteiger partial charge in [-0.1, -0.05) is 6.92 Å². The first-order valence-electron chi connectivity index (χ1n) is 7.60. The lowest BCUT2D eigenvalue weighted by atomic mass is 10.1. The Kier molecular flexibility index (Phi) is 6.40. The summed E-state index contributed by atoms with van der Waals surface area (Å²) in [5, 5.41) is 6.10.